The Kier molecular flexibility index (Phi) is 6.73. The minimum absolute atomic E-state index is 0.348. The van der Waals surface area contributed by atoms with Crippen molar-refractivity contribution in [3.8, 4) is 0 Å². The quantitative estimate of drug-likeness (QED) is 0.736. The van der Waals surface area contributed by atoms with Crippen molar-refractivity contribution in [3.63, 3.8) is 0 Å². The second-order valence-corrected chi connectivity index (χ2v) is 6.61. The van der Waals surface area contributed by atoms with Gasteiger partial charge in [-0.1, -0.05) is 30.9 Å². The fraction of sp³-hybridized carbons (Fsp3) is 0.389. The van der Waals surface area contributed by atoms with Gasteiger partial charge in [0.15, 0.2) is 0 Å². The number of carbonyl (C=O) groups is 3. The summed E-state index contributed by atoms with van der Waals surface area (Å²) in [5, 5.41) is 14.4. The maximum absolute atomic E-state index is 12.2. The second kappa shape index (κ2) is 8.32. The third kappa shape index (κ3) is 5.95. The molecule has 1 rings (SSSR count). The third-order valence-corrected chi connectivity index (χ3v) is 3.55. The van der Waals surface area contributed by atoms with E-state index in [1.807, 2.05) is 6.07 Å². The van der Waals surface area contributed by atoms with Gasteiger partial charge in [-0.15, -0.1) is 0 Å². The topological polar surface area (TPSA) is 98.7 Å². The molecule has 0 saturated heterocycles. The van der Waals surface area contributed by atoms with Crippen LogP contribution in [0, 0.1) is 0 Å². The smallest absolute Gasteiger partial charge is 0.408 e. The lowest BCUT2D eigenvalue weighted by molar-refractivity contribution is -0.127. The van der Waals surface area contributed by atoms with Gasteiger partial charge < -0.3 is 15.7 Å². The molecule has 7 heteroatoms. The van der Waals surface area contributed by atoms with Gasteiger partial charge in [0.05, 0.1) is 0 Å². The van der Waals surface area contributed by atoms with Gasteiger partial charge in [0.1, 0.15) is 12.6 Å². The molecule has 1 aromatic rings. The van der Waals surface area contributed by atoms with E-state index in [2.05, 4.69) is 17.2 Å². The first-order chi connectivity index (χ1) is 11.6. The lowest BCUT2D eigenvalue weighted by Crippen LogP contribution is -2.52. The Morgan fingerprint density at radius 1 is 1.28 bits per heavy atom. The van der Waals surface area contributed by atoms with E-state index in [0.29, 0.717) is 5.69 Å². The van der Waals surface area contributed by atoms with Crippen LogP contribution in [0.2, 0.25) is 0 Å². The molecule has 0 aliphatic heterocycles. The Hall–Kier alpha value is -2.83. The molecule has 3 N–H and O–H groups in total. The summed E-state index contributed by atoms with van der Waals surface area (Å²) in [6.07, 6.45) is 0.423. The van der Waals surface area contributed by atoms with Crippen LogP contribution in [0.4, 0.5) is 10.5 Å². The summed E-state index contributed by atoms with van der Waals surface area (Å²) in [5.41, 5.74) is 0.627. The molecule has 25 heavy (non-hydrogen) atoms. The number of hydrogen-bond acceptors (Lipinski definition) is 3. The lowest BCUT2D eigenvalue weighted by Gasteiger charge is -2.32. The first-order valence-electron chi connectivity index (χ1n) is 7.88. The molecule has 0 fully saturated rings. The maximum atomic E-state index is 12.2. The highest BCUT2D eigenvalue weighted by Crippen LogP contribution is 2.16. The van der Waals surface area contributed by atoms with Crippen molar-refractivity contribution in [3.05, 3.63) is 36.4 Å². The summed E-state index contributed by atoms with van der Waals surface area (Å²) in [7, 11) is 0. The summed E-state index contributed by atoms with van der Waals surface area (Å²) in [5.74, 6) is -0.947. The van der Waals surface area contributed by atoms with Crippen LogP contribution in [0.25, 0.3) is 6.08 Å². The predicted molar refractivity (Wildman–Crippen MR) is 97.3 cm³/mol. The molecule has 7 nitrogen and oxygen atoms in total. The zero-order valence-electron chi connectivity index (χ0n) is 15.0. The number of benzene rings is 1. The number of para-hydroxylation sites is 1. The van der Waals surface area contributed by atoms with E-state index in [0.717, 1.165) is 10.5 Å². The van der Waals surface area contributed by atoms with Crippen LogP contribution < -0.4 is 10.6 Å². The molecule has 136 valence electrons. The molecule has 0 bridgehead atoms. The number of amides is 3. The van der Waals surface area contributed by atoms with Crippen LogP contribution in [0.5, 0.6) is 0 Å². The van der Waals surface area contributed by atoms with Crippen LogP contribution in [-0.4, -0.2) is 46.0 Å². The van der Waals surface area contributed by atoms with Crippen molar-refractivity contribution in [1.29, 1.82) is 0 Å². The Balaban J connectivity index is 2.69. The van der Waals surface area contributed by atoms with Gasteiger partial charge in [-0.2, -0.15) is 0 Å². The number of anilines is 1. The van der Waals surface area contributed by atoms with Crippen LogP contribution >= 0.6 is 0 Å². The number of hydrogen-bond donors (Lipinski definition) is 3. The van der Waals surface area contributed by atoms with Crippen molar-refractivity contribution >= 4 is 29.7 Å². The highest BCUT2D eigenvalue weighted by molar-refractivity contribution is 5.98. The first-order valence-corrected chi connectivity index (χ1v) is 7.88. The molecule has 0 heterocycles. The van der Waals surface area contributed by atoms with E-state index in [1.54, 1.807) is 45.0 Å². The molecule has 0 aliphatic carbocycles. The molecule has 1 aromatic carbocycles. The SMILES string of the molecule is C=Cc1ccccc1NC(=O)C(C)NC(=O)CN(C(=O)O)C(C)(C)C. The fourth-order valence-electron chi connectivity index (χ4n) is 2.12. The number of nitrogens with zero attached hydrogens (tertiary/aromatic N) is 1. The van der Waals surface area contributed by atoms with Gasteiger partial charge in [-0.05, 0) is 39.3 Å². The van der Waals surface area contributed by atoms with E-state index in [9.17, 15) is 19.5 Å². The number of carbonyl (C=O) groups excluding carboxylic acids is 2. The Morgan fingerprint density at radius 3 is 2.40 bits per heavy atom. The molecule has 0 saturated carbocycles. The third-order valence-electron chi connectivity index (χ3n) is 3.55. The van der Waals surface area contributed by atoms with Gasteiger partial charge in [-0.3, -0.25) is 14.5 Å². The lowest BCUT2D eigenvalue weighted by atomic mass is 10.1. The van der Waals surface area contributed by atoms with E-state index in [1.165, 1.54) is 6.92 Å². The average Bonchev–Trinajstić information content (AvgIpc) is 2.51. The molecule has 1 atom stereocenters. The monoisotopic (exact) mass is 347 g/mol. The molecular weight excluding hydrogens is 322 g/mol. The van der Waals surface area contributed by atoms with Gasteiger partial charge in [-0.25, -0.2) is 4.79 Å². The summed E-state index contributed by atoms with van der Waals surface area (Å²) >= 11 is 0. The predicted octanol–water partition coefficient (Wildman–Crippen LogP) is 2.55. The molecule has 0 spiro atoms. The minimum Gasteiger partial charge on any atom is -0.465 e. The Morgan fingerprint density at radius 2 is 1.88 bits per heavy atom. The fourth-order valence-corrected chi connectivity index (χ4v) is 2.12. The van der Waals surface area contributed by atoms with Crippen molar-refractivity contribution in [2.75, 3.05) is 11.9 Å². The summed E-state index contributed by atoms with van der Waals surface area (Å²) in [4.78, 5) is 36.6. The van der Waals surface area contributed by atoms with Crippen molar-refractivity contribution in [2.45, 2.75) is 39.3 Å². The standard InChI is InChI=1S/C18H25N3O4/c1-6-13-9-7-8-10-14(13)20-16(23)12(2)19-15(22)11-21(17(24)25)18(3,4)5/h6-10,12H,1,11H2,2-5H3,(H,19,22)(H,20,23)(H,24,25). The number of carboxylic acid groups (broad SMARTS) is 1. The van der Waals surface area contributed by atoms with Crippen molar-refractivity contribution < 1.29 is 19.5 Å². The molecular formula is C18H25N3O4. The van der Waals surface area contributed by atoms with E-state index >= 15 is 0 Å². The van der Waals surface area contributed by atoms with Gasteiger partial charge in [0, 0.05) is 11.2 Å². The van der Waals surface area contributed by atoms with Crippen molar-refractivity contribution in [2.24, 2.45) is 0 Å². The van der Waals surface area contributed by atoms with Gasteiger partial charge in [0.25, 0.3) is 0 Å². The number of nitrogens with one attached hydrogen (secondary N) is 2. The molecule has 3 amide bonds. The van der Waals surface area contributed by atoms with Crippen LogP contribution in [0.15, 0.2) is 30.8 Å². The molecule has 1 unspecified atom stereocenters. The largest absolute Gasteiger partial charge is 0.465 e. The van der Waals surface area contributed by atoms with Crippen LogP contribution in [-0.2, 0) is 9.59 Å². The normalized spacial score (nSPS) is 12.0. The van der Waals surface area contributed by atoms with Crippen LogP contribution in [0.3, 0.4) is 0 Å². The Bertz CT molecular complexity index is 665. The van der Waals surface area contributed by atoms with Crippen molar-refractivity contribution in [1.82, 2.24) is 10.2 Å². The molecule has 0 aromatic heterocycles. The van der Waals surface area contributed by atoms with E-state index in [4.69, 9.17) is 0 Å². The first kappa shape index (κ1) is 20.2. The van der Waals surface area contributed by atoms with Gasteiger partial charge in [0.2, 0.25) is 11.8 Å². The minimum atomic E-state index is -1.19. The zero-order chi connectivity index (χ0) is 19.2. The second-order valence-electron chi connectivity index (χ2n) is 6.61. The van der Waals surface area contributed by atoms with Crippen LogP contribution in [0.1, 0.15) is 33.3 Å². The highest BCUT2D eigenvalue weighted by atomic mass is 16.4. The zero-order valence-corrected chi connectivity index (χ0v) is 15.0. The summed E-state index contributed by atoms with van der Waals surface area (Å²) in [6, 6.07) is 6.32. The summed E-state index contributed by atoms with van der Waals surface area (Å²) in [6.45, 7) is 9.94. The maximum Gasteiger partial charge on any atom is 0.408 e. The number of rotatable bonds is 6. The van der Waals surface area contributed by atoms with E-state index in [-0.39, 0.29) is 6.54 Å². The highest BCUT2D eigenvalue weighted by Gasteiger charge is 2.29. The molecule has 0 aliphatic rings. The Labute approximate surface area is 147 Å². The van der Waals surface area contributed by atoms with Gasteiger partial charge >= 0.3 is 6.09 Å². The molecule has 0 radical (unpaired) electrons. The van der Waals surface area contributed by atoms with E-state index < -0.39 is 29.5 Å². The summed E-state index contributed by atoms with van der Waals surface area (Å²) < 4.78 is 0. The average molecular weight is 347 g/mol.